The molecule has 0 bridgehead atoms. The van der Waals surface area contributed by atoms with Crippen LogP contribution in [0.15, 0.2) is 58.4 Å². The second-order valence-corrected chi connectivity index (χ2v) is 8.55. The van der Waals surface area contributed by atoms with Gasteiger partial charge in [-0.25, -0.2) is 0 Å². The maximum Gasteiger partial charge on any atom is 0.286 e. The Morgan fingerprint density at radius 2 is 1.67 bits per heavy atom. The quantitative estimate of drug-likeness (QED) is 0.662. The van der Waals surface area contributed by atoms with Crippen LogP contribution in [0.2, 0.25) is 0 Å². The number of rotatable bonds is 5. The summed E-state index contributed by atoms with van der Waals surface area (Å²) in [6.07, 6.45) is 2.89. The molecule has 1 saturated heterocycles. The number of aliphatic imine (C=N–C) groups is 1. The van der Waals surface area contributed by atoms with Crippen molar-refractivity contribution in [3.05, 3.63) is 64.6 Å². The molecule has 30 heavy (non-hydrogen) atoms. The first-order valence-corrected chi connectivity index (χ1v) is 11.3. The minimum atomic E-state index is -0.151. The van der Waals surface area contributed by atoms with Gasteiger partial charge in [-0.05, 0) is 61.0 Å². The molecule has 156 valence electrons. The Labute approximate surface area is 182 Å². The minimum Gasteiger partial charge on any atom is -0.494 e. The number of carbonyl (C=O) groups is 1. The molecule has 2 aromatic carbocycles. The molecular weight excluding hydrogens is 394 g/mol. The van der Waals surface area contributed by atoms with Gasteiger partial charge in [0.15, 0.2) is 5.17 Å². The summed E-state index contributed by atoms with van der Waals surface area (Å²) in [4.78, 5) is 22.0. The maximum absolute atomic E-state index is 12.4. The first kappa shape index (κ1) is 20.5. The molecule has 0 spiro atoms. The standard InChI is InChI=1S/C24H27N3O2S/c1-3-16-29-21-10-6-19(7-11-21)17-22-23(28)25-24(30-22)27-14-12-26(13-15-27)20-8-4-18(2)5-9-20/h4-11,17H,3,12-16H2,1-2H3. The summed E-state index contributed by atoms with van der Waals surface area (Å²) in [5.41, 5.74) is 3.51. The van der Waals surface area contributed by atoms with Gasteiger partial charge < -0.3 is 14.5 Å². The van der Waals surface area contributed by atoms with E-state index in [4.69, 9.17) is 4.74 Å². The molecular formula is C24H27N3O2S. The Kier molecular flexibility index (Phi) is 6.43. The number of ether oxygens (including phenoxy) is 1. The van der Waals surface area contributed by atoms with Gasteiger partial charge in [0.2, 0.25) is 0 Å². The third-order valence-electron chi connectivity index (χ3n) is 5.21. The van der Waals surface area contributed by atoms with Crippen LogP contribution >= 0.6 is 11.8 Å². The molecule has 1 amide bonds. The highest BCUT2D eigenvalue weighted by Crippen LogP contribution is 2.31. The average Bonchev–Trinajstić information content (AvgIpc) is 3.14. The number of nitrogens with zero attached hydrogens (tertiary/aromatic N) is 3. The Morgan fingerprint density at radius 1 is 1.00 bits per heavy atom. The Morgan fingerprint density at radius 3 is 2.33 bits per heavy atom. The Bertz CT molecular complexity index is 943. The van der Waals surface area contributed by atoms with Crippen LogP contribution in [0.3, 0.4) is 0 Å². The zero-order chi connectivity index (χ0) is 20.9. The Balaban J connectivity index is 1.35. The zero-order valence-electron chi connectivity index (χ0n) is 17.5. The van der Waals surface area contributed by atoms with Crippen molar-refractivity contribution in [1.29, 1.82) is 0 Å². The second kappa shape index (κ2) is 9.39. The fraction of sp³-hybridized carbons (Fsp3) is 0.333. The van der Waals surface area contributed by atoms with E-state index in [1.807, 2.05) is 30.3 Å². The maximum atomic E-state index is 12.4. The molecule has 6 heteroatoms. The van der Waals surface area contributed by atoms with Crippen LogP contribution in [-0.4, -0.2) is 48.8 Å². The molecule has 0 saturated carbocycles. The van der Waals surface area contributed by atoms with E-state index in [1.165, 1.54) is 23.0 Å². The number of amidine groups is 1. The van der Waals surface area contributed by atoms with E-state index in [0.29, 0.717) is 11.5 Å². The van der Waals surface area contributed by atoms with Gasteiger partial charge in [-0.1, -0.05) is 36.8 Å². The van der Waals surface area contributed by atoms with E-state index in [1.54, 1.807) is 0 Å². The summed E-state index contributed by atoms with van der Waals surface area (Å²) < 4.78 is 5.62. The number of hydrogen-bond donors (Lipinski definition) is 0. The Hall–Kier alpha value is -2.73. The smallest absolute Gasteiger partial charge is 0.286 e. The number of benzene rings is 2. The molecule has 0 aromatic heterocycles. The molecule has 2 aromatic rings. The number of amides is 1. The van der Waals surface area contributed by atoms with Crippen LogP contribution in [0.25, 0.3) is 6.08 Å². The van der Waals surface area contributed by atoms with Crippen LogP contribution in [0.4, 0.5) is 5.69 Å². The predicted molar refractivity (Wildman–Crippen MR) is 125 cm³/mol. The molecule has 2 heterocycles. The second-order valence-electron chi connectivity index (χ2n) is 7.54. The summed E-state index contributed by atoms with van der Waals surface area (Å²) in [7, 11) is 0. The highest BCUT2D eigenvalue weighted by Gasteiger charge is 2.28. The van der Waals surface area contributed by atoms with Crippen molar-refractivity contribution in [1.82, 2.24) is 4.90 Å². The van der Waals surface area contributed by atoms with Gasteiger partial charge in [-0.3, -0.25) is 4.79 Å². The van der Waals surface area contributed by atoms with Crippen LogP contribution in [-0.2, 0) is 4.79 Å². The van der Waals surface area contributed by atoms with E-state index in [0.717, 1.165) is 49.1 Å². The van der Waals surface area contributed by atoms with Crippen molar-refractivity contribution in [2.45, 2.75) is 20.3 Å². The van der Waals surface area contributed by atoms with Crippen LogP contribution in [0.5, 0.6) is 5.75 Å². The SMILES string of the molecule is CCCOc1ccc(C=C2SC(N3CCN(c4ccc(C)cc4)CC3)=NC2=O)cc1. The molecule has 0 aliphatic carbocycles. The van der Waals surface area contributed by atoms with Gasteiger partial charge in [0, 0.05) is 31.9 Å². The lowest BCUT2D eigenvalue weighted by atomic mass is 10.2. The van der Waals surface area contributed by atoms with Crippen LogP contribution < -0.4 is 9.64 Å². The summed E-state index contributed by atoms with van der Waals surface area (Å²) >= 11 is 1.47. The van der Waals surface area contributed by atoms with E-state index in [9.17, 15) is 4.79 Å². The fourth-order valence-corrected chi connectivity index (χ4v) is 4.44. The third kappa shape index (κ3) is 4.87. The average molecular weight is 422 g/mol. The summed E-state index contributed by atoms with van der Waals surface area (Å²) in [6, 6.07) is 16.5. The molecule has 2 aliphatic rings. The van der Waals surface area contributed by atoms with Crippen molar-refractivity contribution in [2.24, 2.45) is 4.99 Å². The lowest BCUT2D eigenvalue weighted by molar-refractivity contribution is -0.113. The van der Waals surface area contributed by atoms with Crippen molar-refractivity contribution < 1.29 is 9.53 Å². The molecule has 5 nitrogen and oxygen atoms in total. The van der Waals surface area contributed by atoms with Crippen molar-refractivity contribution in [3.8, 4) is 5.75 Å². The van der Waals surface area contributed by atoms with Gasteiger partial charge in [-0.2, -0.15) is 4.99 Å². The number of hydrogen-bond acceptors (Lipinski definition) is 5. The summed E-state index contributed by atoms with van der Waals surface area (Å²) in [6.45, 7) is 8.48. The first-order chi connectivity index (χ1) is 14.6. The van der Waals surface area contributed by atoms with Gasteiger partial charge >= 0.3 is 0 Å². The lowest BCUT2D eigenvalue weighted by Gasteiger charge is -2.36. The monoisotopic (exact) mass is 421 g/mol. The number of aryl methyl sites for hydroxylation is 1. The molecule has 2 aliphatic heterocycles. The zero-order valence-corrected chi connectivity index (χ0v) is 18.3. The van der Waals surface area contributed by atoms with Gasteiger partial charge in [0.05, 0.1) is 11.5 Å². The van der Waals surface area contributed by atoms with E-state index >= 15 is 0 Å². The number of anilines is 1. The normalized spacial score (nSPS) is 18.1. The highest BCUT2D eigenvalue weighted by molar-refractivity contribution is 8.18. The molecule has 0 atom stereocenters. The molecule has 0 radical (unpaired) electrons. The minimum absolute atomic E-state index is 0.151. The molecule has 4 rings (SSSR count). The van der Waals surface area contributed by atoms with Crippen LogP contribution in [0, 0.1) is 6.92 Å². The lowest BCUT2D eigenvalue weighted by Crippen LogP contribution is -2.47. The third-order valence-corrected chi connectivity index (χ3v) is 6.25. The van der Waals surface area contributed by atoms with E-state index < -0.39 is 0 Å². The number of piperazine rings is 1. The van der Waals surface area contributed by atoms with Gasteiger partial charge in [0.1, 0.15) is 5.75 Å². The van der Waals surface area contributed by atoms with Crippen molar-refractivity contribution in [3.63, 3.8) is 0 Å². The highest BCUT2D eigenvalue weighted by atomic mass is 32.2. The number of carbonyl (C=O) groups excluding carboxylic acids is 1. The summed E-state index contributed by atoms with van der Waals surface area (Å²) in [5, 5.41) is 0.817. The van der Waals surface area contributed by atoms with Crippen molar-refractivity contribution >= 4 is 34.6 Å². The fourth-order valence-electron chi connectivity index (χ4n) is 3.48. The first-order valence-electron chi connectivity index (χ1n) is 10.4. The number of thioether (sulfide) groups is 1. The van der Waals surface area contributed by atoms with E-state index in [2.05, 4.69) is 52.9 Å². The topological polar surface area (TPSA) is 45.1 Å². The van der Waals surface area contributed by atoms with E-state index in [-0.39, 0.29) is 5.91 Å². The molecule has 0 N–H and O–H groups in total. The van der Waals surface area contributed by atoms with Gasteiger partial charge in [0.25, 0.3) is 5.91 Å². The van der Waals surface area contributed by atoms with Crippen molar-refractivity contribution in [2.75, 3.05) is 37.7 Å². The molecule has 0 unspecified atom stereocenters. The van der Waals surface area contributed by atoms with Crippen LogP contribution in [0.1, 0.15) is 24.5 Å². The van der Waals surface area contributed by atoms with Gasteiger partial charge in [-0.15, -0.1) is 0 Å². The predicted octanol–water partition coefficient (Wildman–Crippen LogP) is 4.58. The molecule has 1 fully saturated rings. The summed E-state index contributed by atoms with van der Waals surface area (Å²) in [5.74, 6) is 0.704. The largest absolute Gasteiger partial charge is 0.494 e.